The Bertz CT molecular complexity index is 502. The summed E-state index contributed by atoms with van der Waals surface area (Å²) in [5.74, 6) is -0.310. The van der Waals surface area contributed by atoms with Crippen molar-refractivity contribution in [2.24, 2.45) is 5.73 Å². The molecule has 0 spiro atoms. The fourth-order valence-electron chi connectivity index (χ4n) is 1.04. The first-order chi connectivity index (χ1) is 8.74. The molecule has 0 amide bonds. The molecule has 0 saturated carbocycles. The molecule has 3 N–H and O–H groups in total. The maximum absolute atomic E-state index is 11.9. The lowest BCUT2D eigenvalue weighted by Gasteiger charge is -2.09. The highest BCUT2D eigenvalue weighted by atomic mass is 32.2. The smallest absolute Gasteiger partial charge is 0.422 e. The first-order valence-electron chi connectivity index (χ1n) is 5.10. The van der Waals surface area contributed by atoms with E-state index < -0.39 is 22.8 Å². The number of nitrogens with one attached hydrogen (secondary N) is 1. The van der Waals surface area contributed by atoms with E-state index >= 15 is 0 Å². The van der Waals surface area contributed by atoms with Crippen LogP contribution >= 0.6 is 0 Å². The fourth-order valence-corrected chi connectivity index (χ4v) is 2.04. The number of aromatic nitrogens is 1. The van der Waals surface area contributed by atoms with Gasteiger partial charge in [0.1, 0.15) is 4.90 Å². The third kappa shape index (κ3) is 5.41. The van der Waals surface area contributed by atoms with E-state index in [1.54, 1.807) is 0 Å². The Morgan fingerprint density at radius 1 is 1.37 bits per heavy atom. The maximum atomic E-state index is 11.9. The van der Waals surface area contributed by atoms with E-state index in [1.165, 1.54) is 0 Å². The number of rotatable bonds is 6. The monoisotopic (exact) mass is 299 g/mol. The van der Waals surface area contributed by atoms with Crippen LogP contribution < -0.4 is 15.2 Å². The average Bonchev–Trinajstić information content (AvgIpc) is 2.34. The molecule has 0 atom stereocenters. The second-order valence-corrected chi connectivity index (χ2v) is 5.19. The largest absolute Gasteiger partial charge is 0.468 e. The van der Waals surface area contributed by atoms with E-state index in [1.807, 2.05) is 0 Å². The Morgan fingerprint density at radius 2 is 2.05 bits per heavy atom. The molecule has 19 heavy (non-hydrogen) atoms. The first-order valence-corrected chi connectivity index (χ1v) is 6.58. The summed E-state index contributed by atoms with van der Waals surface area (Å²) in [4.78, 5) is 3.30. The third-order valence-corrected chi connectivity index (χ3v) is 3.29. The summed E-state index contributed by atoms with van der Waals surface area (Å²) in [7, 11) is -3.75. The minimum Gasteiger partial charge on any atom is -0.468 e. The van der Waals surface area contributed by atoms with E-state index in [0.29, 0.717) is 0 Å². The molecular formula is C9H12F3N3O3S. The van der Waals surface area contributed by atoms with Crippen molar-refractivity contribution in [1.82, 2.24) is 9.71 Å². The molecule has 0 aliphatic heterocycles. The van der Waals surface area contributed by atoms with E-state index in [0.717, 1.165) is 18.3 Å². The Hall–Kier alpha value is -1.39. The zero-order chi connectivity index (χ0) is 14.5. The number of nitrogens with zero attached hydrogens (tertiary/aromatic N) is 1. The Kier molecular flexibility index (Phi) is 5.09. The summed E-state index contributed by atoms with van der Waals surface area (Å²) < 4.78 is 65.4. The van der Waals surface area contributed by atoms with E-state index in [9.17, 15) is 21.6 Å². The summed E-state index contributed by atoms with van der Waals surface area (Å²) >= 11 is 0. The summed E-state index contributed by atoms with van der Waals surface area (Å²) in [6.45, 7) is -1.31. The molecule has 0 aliphatic rings. The van der Waals surface area contributed by atoms with Crippen LogP contribution in [-0.4, -0.2) is 39.3 Å². The van der Waals surface area contributed by atoms with Crippen LogP contribution in [0.3, 0.4) is 0 Å². The van der Waals surface area contributed by atoms with Crippen molar-refractivity contribution >= 4 is 10.0 Å². The molecule has 0 bridgehead atoms. The lowest BCUT2D eigenvalue weighted by molar-refractivity contribution is -0.154. The minimum atomic E-state index is -4.48. The van der Waals surface area contributed by atoms with Crippen LogP contribution in [0.15, 0.2) is 23.2 Å². The average molecular weight is 299 g/mol. The lowest BCUT2D eigenvalue weighted by atomic mass is 10.5. The van der Waals surface area contributed by atoms with Gasteiger partial charge in [0.15, 0.2) is 6.61 Å². The van der Waals surface area contributed by atoms with Crippen LogP contribution in [0.2, 0.25) is 0 Å². The zero-order valence-electron chi connectivity index (χ0n) is 9.64. The third-order valence-electron chi connectivity index (χ3n) is 1.84. The van der Waals surface area contributed by atoms with E-state index in [-0.39, 0.29) is 23.9 Å². The normalized spacial score (nSPS) is 12.4. The summed E-state index contributed by atoms with van der Waals surface area (Å²) in [6, 6.07) is 2.14. The molecule has 1 rings (SSSR count). The zero-order valence-corrected chi connectivity index (χ0v) is 10.5. The van der Waals surface area contributed by atoms with Gasteiger partial charge in [-0.3, -0.25) is 0 Å². The van der Waals surface area contributed by atoms with Gasteiger partial charge in [0.25, 0.3) is 0 Å². The molecule has 1 aromatic rings. The van der Waals surface area contributed by atoms with Crippen molar-refractivity contribution in [2.45, 2.75) is 11.1 Å². The van der Waals surface area contributed by atoms with Gasteiger partial charge in [-0.1, -0.05) is 0 Å². The van der Waals surface area contributed by atoms with Crippen LogP contribution in [0.25, 0.3) is 0 Å². The standard InChI is InChI=1S/C9H12F3N3O3S/c10-9(11,12)6-18-8-2-1-7(5-14-8)19(16,17)15-4-3-13/h1-2,5,15H,3-4,6,13H2. The van der Waals surface area contributed by atoms with Crippen LogP contribution in [0.1, 0.15) is 0 Å². The fraction of sp³-hybridized carbons (Fsp3) is 0.444. The number of halogens is 3. The summed E-state index contributed by atoms with van der Waals surface area (Å²) in [5.41, 5.74) is 5.15. The van der Waals surface area contributed by atoms with Crippen molar-refractivity contribution in [3.05, 3.63) is 18.3 Å². The van der Waals surface area contributed by atoms with Crippen molar-refractivity contribution in [1.29, 1.82) is 0 Å². The van der Waals surface area contributed by atoms with Crippen LogP contribution in [-0.2, 0) is 10.0 Å². The number of sulfonamides is 1. The van der Waals surface area contributed by atoms with Crippen LogP contribution in [0, 0.1) is 0 Å². The summed E-state index contributed by atoms with van der Waals surface area (Å²) in [5, 5.41) is 0. The van der Waals surface area contributed by atoms with Crippen molar-refractivity contribution in [2.75, 3.05) is 19.7 Å². The Balaban J connectivity index is 2.71. The number of hydrogen-bond acceptors (Lipinski definition) is 5. The van der Waals surface area contributed by atoms with Gasteiger partial charge >= 0.3 is 6.18 Å². The molecule has 1 aromatic heterocycles. The van der Waals surface area contributed by atoms with Gasteiger partial charge in [-0.25, -0.2) is 18.1 Å². The molecule has 0 aromatic carbocycles. The van der Waals surface area contributed by atoms with Gasteiger partial charge in [0, 0.05) is 19.2 Å². The van der Waals surface area contributed by atoms with Gasteiger partial charge in [0.05, 0.1) is 6.20 Å². The second-order valence-electron chi connectivity index (χ2n) is 3.42. The SMILES string of the molecule is NCCNS(=O)(=O)c1ccc(OCC(F)(F)F)nc1. The molecule has 0 radical (unpaired) electrons. The highest BCUT2D eigenvalue weighted by Gasteiger charge is 2.28. The second kappa shape index (κ2) is 6.17. The number of hydrogen-bond donors (Lipinski definition) is 2. The molecule has 0 aliphatic carbocycles. The predicted molar refractivity (Wildman–Crippen MR) is 60.0 cm³/mol. The molecular weight excluding hydrogens is 287 g/mol. The first kappa shape index (κ1) is 15.7. The van der Waals surface area contributed by atoms with Gasteiger partial charge in [0.2, 0.25) is 15.9 Å². The molecule has 10 heteroatoms. The molecule has 1 heterocycles. The van der Waals surface area contributed by atoms with Gasteiger partial charge < -0.3 is 10.5 Å². The van der Waals surface area contributed by atoms with Crippen molar-refractivity contribution < 1.29 is 26.3 Å². The molecule has 0 unspecified atom stereocenters. The Labute approximate surface area is 107 Å². The lowest BCUT2D eigenvalue weighted by Crippen LogP contribution is -2.29. The topological polar surface area (TPSA) is 94.3 Å². The number of alkyl halides is 3. The number of nitrogens with two attached hydrogens (primary N) is 1. The number of pyridine rings is 1. The highest BCUT2D eigenvalue weighted by molar-refractivity contribution is 7.89. The van der Waals surface area contributed by atoms with Crippen LogP contribution in [0.5, 0.6) is 5.88 Å². The molecule has 6 nitrogen and oxygen atoms in total. The van der Waals surface area contributed by atoms with E-state index in [2.05, 4.69) is 14.4 Å². The van der Waals surface area contributed by atoms with E-state index in [4.69, 9.17) is 5.73 Å². The molecule has 108 valence electrons. The minimum absolute atomic E-state index is 0.0503. The number of ether oxygens (including phenoxy) is 1. The highest BCUT2D eigenvalue weighted by Crippen LogP contribution is 2.17. The predicted octanol–water partition coefficient (Wildman–Crippen LogP) is 0.260. The maximum Gasteiger partial charge on any atom is 0.422 e. The summed E-state index contributed by atoms with van der Waals surface area (Å²) in [6.07, 6.45) is -3.57. The van der Waals surface area contributed by atoms with Gasteiger partial charge in [-0.05, 0) is 6.07 Å². The Morgan fingerprint density at radius 3 is 2.53 bits per heavy atom. The quantitative estimate of drug-likeness (QED) is 0.786. The van der Waals surface area contributed by atoms with Gasteiger partial charge in [-0.15, -0.1) is 0 Å². The van der Waals surface area contributed by atoms with Crippen molar-refractivity contribution in [3.63, 3.8) is 0 Å². The molecule has 0 fully saturated rings. The van der Waals surface area contributed by atoms with Crippen molar-refractivity contribution in [3.8, 4) is 5.88 Å². The van der Waals surface area contributed by atoms with Gasteiger partial charge in [-0.2, -0.15) is 13.2 Å². The molecule has 0 saturated heterocycles. The van der Waals surface area contributed by atoms with Crippen LogP contribution in [0.4, 0.5) is 13.2 Å².